The van der Waals surface area contributed by atoms with Gasteiger partial charge in [0, 0.05) is 11.3 Å². The molecule has 4 nitrogen and oxygen atoms in total. The van der Waals surface area contributed by atoms with Crippen molar-refractivity contribution in [2.75, 3.05) is 5.73 Å². The topological polar surface area (TPSA) is 67.6 Å². The van der Waals surface area contributed by atoms with Crippen LogP contribution in [0.3, 0.4) is 0 Å². The van der Waals surface area contributed by atoms with Crippen molar-refractivity contribution in [3.05, 3.63) is 41.3 Å². The number of hydrogen-bond acceptors (Lipinski definition) is 4. The van der Waals surface area contributed by atoms with Crippen LogP contribution in [-0.2, 0) is 0 Å². The Morgan fingerprint density at radius 2 is 2.17 bits per heavy atom. The van der Waals surface area contributed by atoms with Crippen LogP contribution in [0, 0.1) is 6.92 Å². The monoisotopic (exact) mass is 256 g/mol. The number of aromatic amines is 1. The molecule has 0 saturated carbocycles. The fraction of sp³-hybridized carbons (Fsp3) is 0.0769. The van der Waals surface area contributed by atoms with Gasteiger partial charge in [0.2, 0.25) is 0 Å². The van der Waals surface area contributed by atoms with Crippen molar-refractivity contribution in [2.45, 2.75) is 6.92 Å². The third kappa shape index (κ3) is 1.89. The predicted octanol–water partition coefficient (Wildman–Crippen LogP) is 3.09. The summed E-state index contributed by atoms with van der Waals surface area (Å²) in [6, 6.07) is 9.86. The van der Waals surface area contributed by atoms with E-state index in [1.165, 1.54) is 0 Å². The second-order valence-electron chi connectivity index (χ2n) is 4.06. The Bertz CT molecular complexity index is 670. The van der Waals surface area contributed by atoms with Gasteiger partial charge in [-0.25, -0.2) is 4.98 Å². The molecule has 2 aromatic heterocycles. The average molecular weight is 256 g/mol. The zero-order valence-electron chi connectivity index (χ0n) is 9.84. The van der Waals surface area contributed by atoms with E-state index >= 15 is 0 Å². The Labute approximate surface area is 109 Å². The maximum atomic E-state index is 5.90. The number of nitrogens with zero attached hydrogens (tertiary/aromatic N) is 2. The van der Waals surface area contributed by atoms with Gasteiger partial charge in [-0.1, -0.05) is 18.2 Å². The van der Waals surface area contributed by atoms with Gasteiger partial charge in [0.1, 0.15) is 0 Å². The molecule has 3 N–H and O–H groups in total. The molecule has 1 aromatic carbocycles. The maximum Gasteiger partial charge on any atom is 0.181 e. The lowest BCUT2D eigenvalue weighted by atomic mass is 10.1. The van der Waals surface area contributed by atoms with Crippen LogP contribution in [0.4, 0.5) is 5.69 Å². The first-order valence-electron chi connectivity index (χ1n) is 5.57. The molecule has 0 spiro atoms. The fourth-order valence-electron chi connectivity index (χ4n) is 1.69. The lowest BCUT2D eigenvalue weighted by molar-refractivity contribution is 1.10. The smallest absolute Gasteiger partial charge is 0.181 e. The molecule has 90 valence electrons. The lowest BCUT2D eigenvalue weighted by Gasteiger charge is -2.00. The molecular formula is C13H12N4S. The minimum Gasteiger partial charge on any atom is -0.398 e. The number of H-pyrrole nitrogens is 1. The molecule has 0 fully saturated rings. The summed E-state index contributed by atoms with van der Waals surface area (Å²) in [5.74, 6) is 1.46. The maximum absolute atomic E-state index is 5.90. The zero-order chi connectivity index (χ0) is 12.5. The van der Waals surface area contributed by atoms with Crippen LogP contribution >= 0.6 is 11.3 Å². The van der Waals surface area contributed by atoms with Gasteiger partial charge in [0.05, 0.1) is 4.88 Å². The van der Waals surface area contributed by atoms with Crippen molar-refractivity contribution in [3.8, 4) is 22.1 Å². The third-order valence-electron chi connectivity index (χ3n) is 2.78. The van der Waals surface area contributed by atoms with Crippen LogP contribution in [0.15, 0.2) is 35.7 Å². The predicted molar refractivity (Wildman–Crippen MR) is 74.3 cm³/mol. The molecule has 0 radical (unpaired) electrons. The van der Waals surface area contributed by atoms with E-state index in [1.54, 1.807) is 11.3 Å². The summed E-state index contributed by atoms with van der Waals surface area (Å²) >= 11 is 1.63. The highest BCUT2D eigenvalue weighted by atomic mass is 32.1. The fourth-order valence-corrected chi connectivity index (χ4v) is 2.36. The molecule has 0 saturated heterocycles. The summed E-state index contributed by atoms with van der Waals surface area (Å²) in [4.78, 5) is 5.56. The highest BCUT2D eigenvalue weighted by Crippen LogP contribution is 2.25. The van der Waals surface area contributed by atoms with Crippen molar-refractivity contribution in [2.24, 2.45) is 0 Å². The molecule has 0 bridgehead atoms. The Kier molecular flexibility index (Phi) is 2.60. The van der Waals surface area contributed by atoms with Gasteiger partial charge in [0.15, 0.2) is 11.6 Å². The quantitative estimate of drug-likeness (QED) is 0.692. The molecule has 3 aromatic rings. The average Bonchev–Trinajstić information content (AvgIpc) is 3.01. The number of nitrogen functional groups attached to an aromatic ring is 1. The van der Waals surface area contributed by atoms with E-state index in [0.717, 1.165) is 27.5 Å². The van der Waals surface area contributed by atoms with Gasteiger partial charge >= 0.3 is 0 Å². The molecule has 18 heavy (non-hydrogen) atoms. The number of benzene rings is 1. The van der Waals surface area contributed by atoms with E-state index in [1.807, 2.05) is 42.6 Å². The standard InChI is InChI=1S/C13H12N4S/c1-8-4-5-9(7-10(8)14)12-15-13(17-16-12)11-3-2-6-18-11/h2-7H,14H2,1H3,(H,15,16,17). The number of hydrogen-bond donors (Lipinski definition) is 2. The third-order valence-corrected chi connectivity index (χ3v) is 3.65. The molecule has 0 aliphatic heterocycles. The van der Waals surface area contributed by atoms with E-state index in [0.29, 0.717) is 5.82 Å². The number of rotatable bonds is 2. The summed E-state index contributed by atoms with van der Waals surface area (Å²) in [6.07, 6.45) is 0. The highest BCUT2D eigenvalue weighted by Gasteiger charge is 2.09. The van der Waals surface area contributed by atoms with Crippen molar-refractivity contribution in [1.82, 2.24) is 15.2 Å². The van der Waals surface area contributed by atoms with Crippen LogP contribution < -0.4 is 5.73 Å². The molecule has 0 aliphatic carbocycles. The summed E-state index contributed by atoms with van der Waals surface area (Å²) < 4.78 is 0. The first-order chi connectivity index (χ1) is 8.74. The Morgan fingerprint density at radius 3 is 2.89 bits per heavy atom. The van der Waals surface area contributed by atoms with Crippen LogP contribution in [-0.4, -0.2) is 15.2 Å². The number of thiophene rings is 1. The van der Waals surface area contributed by atoms with E-state index in [9.17, 15) is 0 Å². The van der Waals surface area contributed by atoms with E-state index in [-0.39, 0.29) is 0 Å². The normalized spacial score (nSPS) is 10.7. The summed E-state index contributed by atoms with van der Waals surface area (Å²) in [7, 11) is 0. The number of aromatic nitrogens is 3. The molecule has 0 amide bonds. The molecule has 2 heterocycles. The first-order valence-corrected chi connectivity index (χ1v) is 6.45. The van der Waals surface area contributed by atoms with Crippen molar-refractivity contribution >= 4 is 17.0 Å². The molecule has 0 atom stereocenters. The zero-order valence-corrected chi connectivity index (χ0v) is 10.7. The SMILES string of the molecule is Cc1ccc(-c2n[nH]c(-c3cccs3)n2)cc1N. The van der Waals surface area contributed by atoms with Crippen LogP contribution in [0.25, 0.3) is 22.1 Å². The largest absolute Gasteiger partial charge is 0.398 e. The summed E-state index contributed by atoms with van der Waals surface area (Å²) in [5, 5.41) is 9.19. The Morgan fingerprint density at radius 1 is 1.28 bits per heavy atom. The summed E-state index contributed by atoms with van der Waals surface area (Å²) in [5.41, 5.74) is 8.65. The van der Waals surface area contributed by atoms with E-state index in [4.69, 9.17) is 5.73 Å². The number of anilines is 1. The second kappa shape index (κ2) is 4.27. The van der Waals surface area contributed by atoms with Crippen molar-refractivity contribution in [1.29, 1.82) is 0 Å². The Balaban J connectivity index is 2.00. The van der Waals surface area contributed by atoms with Crippen molar-refractivity contribution < 1.29 is 0 Å². The number of aryl methyl sites for hydroxylation is 1. The van der Waals surface area contributed by atoms with Crippen molar-refractivity contribution in [3.63, 3.8) is 0 Å². The number of nitrogens with one attached hydrogen (secondary N) is 1. The first kappa shape index (κ1) is 11.0. The van der Waals surface area contributed by atoms with Crippen LogP contribution in [0.5, 0.6) is 0 Å². The van der Waals surface area contributed by atoms with Gasteiger partial charge in [0.25, 0.3) is 0 Å². The molecular weight excluding hydrogens is 244 g/mol. The second-order valence-corrected chi connectivity index (χ2v) is 5.00. The van der Waals surface area contributed by atoms with Gasteiger partial charge in [-0.15, -0.1) is 11.3 Å². The summed E-state index contributed by atoms with van der Waals surface area (Å²) in [6.45, 7) is 1.98. The van der Waals surface area contributed by atoms with Gasteiger partial charge in [-0.2, -0.15) is 5.10 Å². The molecule has 0 unspecified atom stereocenters. The van der Waals surface area contributed by atoms with Gasteiger partial charge in [-0.05, 0) is 30.0 Å². The Hall–Kier alpha value is -2.14. The van der Waals surface area contributed by atoms with Crippen LogP contribution in [0.1, 0.15) is 5.56 Å². The van der Waals surface area contributed by atoms with Crippen LogP contribution in [0.2, 0.25) is 0 Å². The van der Waals surface area contributed by atoms with Gasteiger partial charge < -0.3 is 5.73 Å². The molecule has 3 rings (SSSR count). The molecule has 5 heteroatoms. The molecule has 0 aliphatic rings. The van der Waals surface area contributed by atoms with Gasteiger partial charge in [-0.3, -0.25) is 5.10 Å². The highest BCUT2D eigenvalue weighted by molar-refractivity contribution is 7.13. The minimum absolute atomic E-state index is 0.671. The van der Waals surface area contributed by atoms with E-state index < -0.39 is 0 Å². The minimum atomic E-state index is 0.671. The number of nitrogens with two attached hydrogens (primary N) is 1. The van der Waals surface area contributed by atoms with E-state index in [2.05, 4.69) is 15.2 Å². The lowest BCUT2D eigenvalue weighted by Crippen LogP contribution is -1.90.